The van der Waals surface area contributed by atoms with Gasteiger partial charge in [0.25, 0.3) is 0 Å². The summed E-state index contributed by atoms with van der Waals surface area (Å²) in [5, 5.41) is 4.77. The molecule has 120 valence electrons. The van der Waals surface area contributed by atoms with E-state index >= 15 is 0 Å². The summed E-state index contributed by atoms with van der Waals surface area (Å²) in [7, 11) is -0.910. The number of hydrogen-bond donors (Lipinski definition) is 2. The fourth-order valence-electron chi connectivity index (χ4n) is 2.77. The molecule has 0 radical (unpaired) electrons. The van der Waals surface area contributed by atoms with Gasteiger partial charge in [-0.05, 0) is 54.8 Å². The molecular formula is C19H22N2OS. The smallest absolute Gasteiger partial charge is 0.0498 e. The van der Waals surface area contributed by atoms with Gasteiger partial charge in [-0.1, -0.05) is 18.2 Å². The second-order valence-electron chi connectivity index (χ2n) is 5.96. The quantitative estimate of drug-likeness (QED) is 0.749. The van der Waals surface area contributed by atoms with Gasteiger partial charge in [-0.3, -0.25) is 4.21 Å². The van der Waals surface area contributed by atoms with E-state index in [1.165, 1.54) is 33.3 Å². The van der Waals surface area contributed by atoms with Crippen LogP contribution in [0.5, 0.6) is 0 Å². The summed E-state index contributed by atoms with van der Waals surface area (Å²) in [5.74, 6) is 0. The Labute approximate surface area is 139 Å². The summed E-state index contributed by atoms with van der Waals surface area (Å²) in [6, 6.07) is 14.5. The lowest BCUT2D eigenvalue weighted by molar-refractivity contribution is 0.685. The number of aromatic amines is 1. The van der Waals surface area contributed by atoms with Crippen LogP contribution in [0.15, 0.2) is 47.4 Å². The van der Waals surface area contributed by atoms with Gasteiger partial charge in [0, 0.05) is 51.6 Å². The van der Waals surface area contributed by atoms with E-state index in [0.717, 1.165) is 18.0 Å². The van der Waals surface area contributed by atoms with Crippen LogP contribution in [-0.2, 0) is 23.9 Å². The number of rotatable bonds is 5. The highest BCUT2D eigenvalue weighted by Gasteiger charge is 2.05. The fourth-order valence-corrected chi connectivity index (χ4v) is 3.29. The third-order valence-electron chi connectivity index (χ3n) is 4.29. The Bertz CT molecular complexity index is 850. The minimum Gasteiger partial charge on any atom is -0.358 e. The molecule has 2 N–H and O–H groups in total. The third kappa shape index (κ3) is 3.54. The van der Waals surface area contributed by atoms with Crippen molar-refractivity contribution in [3.05, 3.63) is 64.8 Å². The number of hydrogen-bond acceptors (Lipinski definition) is 2. The van der Waals surface area contributed by atoms with Gasteiger partial charge in [-0.2, -0.15) is 0 Å². The van der Waals surface area contributed by atoms with Crippen LogP contribution >= 0.6 is 0 Å². The van der Waals surface area contributed by atoms with E-state index in [-0.39, 0.29) is 0 Å². The van der Waals surface area contributed by atoms with Gasteiger partial charge in [-0.25, -0.2) is 0 Å². The molecule has 0 aliphatic carbocycles. The molecule has 1 heterocycles. The molecule has 0 spiro atoms. The van der Waals surface area contributed by atoms with E-state index in [4.69, 9.17) is 0 Å². The Kier molecular flexibility index (Phi) is 4.64. The molecule has 4 heteroatoms. The maximum Gasteiger partial charge on any atom is 0.0498 e. The Morgan fingerprint density at radius 1 is 1.00 bits per heavy atom. The van der Waals surface area contributed by atoms with E-state index in [1.807, 2.05) is 24.3 Å². The Hall–Kier alpha value is -1.91. The zero-order valence-electron chi connectivity index (χ0n) is 13.8. The maximum absolute atomic E-state index is 11.4. The van der Waals surface area contributed by atoms with E-state index < -0.39 is 10.8 Å². The van der Waals surface area contributed by atoms with Crippen LogP contribution in [0.2, 0.25) is 0 Å². The van der Waals surface area contributed by atoms with Crippen LogP contribution in [0.3, 0.4) is 0 Å². The molecule has 0 amide bonds. The lowest BCUT2D eigenvalue weighted by Crippen LogP contribution is -2.12. The van der Waals surface area contributed by atoms with Crippen LogP contribution in [0.4, 0.5) is 0 Å². The van der Waals surface area contributed by atoms with Gasteiger partial charge in [0.2, 0.25) is 0 Å². The van der Waals surface area contributed by atoms with Crippen molar-refractivity contribution in [1.82, 2.24) is 10.3 Å². The summed E-state index contributed by atoms with van der Waals surface area (Å²) < 4.78 is 11.4. The van der Waals surface area contributed by atoms with E-state index in [2.05, 4.69) is 42.3 Å². The van der Waals surface area contributed by atoms with Crippen molar-refractivity contribution >= 4 is 21.7 Å². The molecule has 0 saturated heterocycles. The van der Waals surface area contributed by atoms with Gasteiger partial charge < -0.3 is 10.3 Å². The number of fused-ring (bicyclic) bond motifs is 1. The second-order valence-corrected chi connectivity index (χ2v) is 7.34. The van der Waals surface area contributed by atoms with Crippen LogP contribution in [0, 0.1) is 13.8 Å². The van der Waals surface area contributed by atoms with Crippen LogP contribution in [-0.4, -0.2) is 15.4 Å². The largest absolute Gasteiger partial charge is 0.358 e. The lowest BCUT2D eigenvalue weighted by atomic mass is 10.1. The predicted octanol–water partition coefficient (Wildman–Crippen LogP) is 3.81. The molecule has 3 aromatic rings. The first-order valence-corrected chi connectivity index (χ1v) is 9.31. The van der Waals surface area contributed by atoms with E-state index in [1.54, 1.807) is 6.26 Å². The van der Waals surface area contributed by atoms with Crippen molar-refractivity contribution in [2.24, 2.45) is 0 Å². The zero-order chi connectivity index (χ0) is 16.4. The molecule has 3 nitrogen and oxygen atoms in total. The molecule has 2 aromatic carbocycles. The number of benzene rings is 2. The standard InChI is InChI=1S/C19H22N2OS/c1-13-14(2)21-19-9-6-16(10-18(13)19)12-20-11-15-4-7-17(8-5-15)23(3)22/h4-10,20-21H,11-12H2,1-3H3/t23-/m1/s1. The molecule has 0 aliphatic heterocycles. The zero-order valence-corrected chi connectivity index (χ0v) is 14.6. The van der Waals surface area contributed by atoms with Gasteiger partial charge in [0.15, 0.2) is 0 Å². The van der Waals surface area contributed by atoms with Gasteiger partial charge in [-0.15, -0.1) is 0 Å². The molecule has 0 aliphatic rings. The highest BCUT2D eigenvalue weighted by molar-refractivity contribution is 7.84. The topological polar surface area (TPSA) is 44.9 Å². The average molecular weight is 326 g/mol. The monoisotopic (exact) mass is 326 g/mol. The van der Waals surface area contributed by atoms with Crippen LogP contribution in [0.25, 0.3) is 10.9 Å². The van der Waals surface area contributed by atoms with Crippen molar-refractivity contribution in [3.63, 3.8) is 0 Å². The minimum absolute atomic E-state index is 0.805. The molecular weight excluding hydrogens is 304 g/mol. The summed E-state index contributed by atoms with van der Waals surface area (Å²) >= 11 is 0. The Morgan fingerprint density at radius 3 is 2.35 bits per heavy atom. The normalized spacial score (nSPS) is 12.7. The number of aryl methyl sites for hydroxylation is 2. The Balaban J connectivity index is 1.64. The molecule has 3 rings (SSSR count). The van der Waals surface area contributed by atoms with Crippen LogP contribution < -0.4 is 5.32 Å². The summed E-state index contributed by atoms with van der Waals surface area (Å²) in [6.45, 7) is 5.91. The van der Waals surface area contributed by atoms with Crippen LogP contribution in [0.1, 0.15) is 22.4 Å². The minimum atomic E-state index is -0.910. The Morgan fingerprint density at radius 2 is 1.65 bits per heavy atom. The summed E-state index contributed by atoms with van der Waals surface area (Å²) in [6.07, 6.45) is 1.70. The fraction of sp³-hybridized carbons (Fsp3) is 0.263. The molecule has 23 heavy (non-hydrogen) atoms. The molecule has 0 fully saturated rings. The first kappa shape index (κ1) is 16.0. The molecule has 0 unspecified atom stereocenters. The van der Waals surface area contributed by atoms with Gasteiger partial charge >= 0.3 is 0 Å². The summed E-state index contributed by atoms with van der Waals surface area (Å²) in [5.41, 5.74) is 6.25. The second kappa shape index (κ2) is 6.69. The van der Waals surface area contributed by atoms with Crippen molar-refractivity contribution < 1.29 is 4.21 Å². The van der Waals surface area contributed by atoms with Crippen molar-refractivity contribution in [2.45, 2.75) is 31.8 Å². The first-order valence-electron chi connectivity index (χ1n) is 7.75. The SMILES string of the molecule is Cc1[nH]c2ccc(CNCc3ccc([S@@](C)=O)cc3)cc2c1C. The average Bonchev–Trinajstić information content (AvgIpc) is 2.83. The molecule has 0 saturated carbocycles. The third-order valence-corrected chi connectivity index (χ3v) is 5.22. The highest BCUT2D eigenvalue weighted by atomic mass is 32.2. The van der Waals surface area contributed by atoms with E-state index in [9.17, 15) is 4.21 Å². The molecule has 1 atom stereocenters. The van der Waals surface area contributed by atoms with Crippen molar-refractivity contribution in [2.75, 3.05) is 6.26 Å². The van der Waals surface area contributed by atoms with Gasteiger partial charge in [0.1, 0.15) is 0 Å². The van der Waals surface area contributed by atoms with Crippen molar-refractivity contribution in [1.29, 1.82) is 0 Å². The number of H-pyrrole nitrogens is 1. The van der Waals surface area contributed by atoms with E-state index in [0.29, 0.717) is 0 Å². The number of nitrogens with one attached hydrogen (secondary N) is 2. The number of aromatic nitrogens is 1. The maximum atomic E-state index is 11.4. The van der Waals surface area contributed by atoms with Gasteiger partial charge in [0.05, 0.1) is 0 Å². The lowest BCUT2D eigenvalue weighted by Gasteiger charge is -2.06. The highest BCUT2D eigenvalue weighted by Crippen LogP contribution is 2.22. The summed E-state index contributed by atoms with van der Waals surface area (Å²) in [4.78, 5) is 4.28. The predicted molar refractivity (Wildman–Crippen MR) is 97.1 cm³/mol. The van der Waals surface area contributed by atoms with Crippen molar-refractivity contribution in [3.8, 4) is 0 Å². The molecule has 0 bridgehead atoms. The first-order chi connectivity index (χ1) is 11.0. The molecule has 1 aromatic heterocycles.